The molecule has 39 heavy (non-hydrogen) atoms. The summed E-state index contributed by atoms with van der Waals surface area (Å²) >= 11 is 5.49. The number of aliphatic imine (C=N–C) groups is 1. The van der Waals surface area contributed by atoms with E-state index in [1.807, 2.05) is 13.8 Å². The number of pyridine rings is 1. The van der Waals surface area contributed by atoms with Gasteiger partial charge in [-0.25, -0.2) is 4.98 Å². The van der Waals surface area contributed by atoms with Gasteiger partial charge in [0.15, 0.2) is 6.04 Å². The van der Waals surface area contributed by atoms with Gasteiger partial charge in [-0.3, -0.25) is 14.6 Å². The summed E-state index contributed by atoms with van der Waals surface area (Å²) in [5, 5.41) is 15.5. The van der Waals surface area contributed by atoms with Crippen LogP contribution in [0.3, 0.4) is 0 Å². The molecule has 2 fully saturated rings. The molecule has 216 valence electrons. The second kappa shape index (κ2) is 12.3. The molecule has 1 aliphatic carbocycles. The summed E-state index contributed by atoms with van der Waals surface area (Å²) < 4.78 is 42.8. The summed E-state index contributed by atoms with van der Waals surface area (Å²) in [7, 11) is 0. The van der Waals surface area contributed by atoms with Crippen molar-refractivity contribution in [1.29, 1.82) is 0 Å². The molecule has 12 heteroatoms. The number of likely N-dealkylation sites (tertiary alicyclic amines) is 1. The van der Waals surface area contributed by atoms with Crippen LogP contribution in [0, 0.1) is 5.92 Å². The number of nitrogens with zero attached hydrogens (tertiary/aromatic N) is 3. The van der Waals surface area contributed by atoms with Crippen molar-refractivity contribution < 1.29 is 27.9 Å². The maximum atomic E-state index is 14.3. The first-order chi connectivity index (χ1) is 18.1. The largest absolute Gasteiger partial charge is 0.417 e. The molecule has 1 aromatic heterocycles. The highest BCUT2D eigenvalue weighted by atomic mass is 32.1. The number of rotatable bonds is 10. The Labute approximate surface area is 232 Å². The third kappa shape index (κ3) is 7.97. The smallest absolute Gasteiger partial charge is 0.389 e. The van der Waals surface area contributed by atoms with Gasteiger partial charge in [-0.2, -0.15) is 13.2 Å². The fourth-order valence-electron chi connectivity index (χ4n) is 4.72. The lowest BCUT2D eigenvalue weighted by Crippen LogP contribution is -2.45. The van der Waals surface area contributed by atoms with Crippen LogP contribution in [0.4, 0.5) is 19.0 Å². The van der Waals surface area contributed by atoms with E-state index in [4.69, 9.17) is 12.2 Å². The van der Waals surface area contributed by atoms with Crippen LogP contribution in [0.15, 0.2) is 17.3 Å². The van der Waals surface area contributed by atoms with Crippen molar-refractivity contribution in [2.45, 2.75) is 96.6 Å². The predicted molar refractivity (Wildman–Crippen MR) is 148 cm³/mol. The number of aliphatic hydroxyl groups is 1. The molecule has 1 saturated heterocycles. The van der Waals surface area contributed by atoms with E-state index in [0.717, 1.165) is 44.4 Å². The molecule has 2 aliphatic rings. The van der Waals surface area contributed by atoms with E-state index in [0.29, 0.717) is 12.5 Å². The molecule has 2 amide bonds. The summed E-state index contributed by atoms with van der Waals surface area (Å²) in [6, 6.07) is -0.777. The van der Waals surface area contributed by atoms with E-state index in [1.165, 1.54) is 20.8 Å². The Kier molecular flexibility index (Phi) is 9.74. The number of halogens is 3. The van der Waals surface area contributed by atoms with Gasteiger partial charge in [0.2, 0.25) is 0 Å². The zero-order valence-electron chi connectivity index (χ0n) is 23.1. The van der Waals surface area contributed by atoms with Crippen molar-refractivity contribution in [1.82, 2.24) is 15.2 Å². The van der Waals surface area contributed by atoms with Crippen molar-refractivity contribution >= 4 is 40.4 Å². The van der Waals surface area contributed by atoms with Crippen LogP contribution in [0.1, 0.15) is 77.8 Å². The Bertz CT molecular complexity index is 1110. The van der Waals surface area contributed by atoms with Gasteiger partial charge in [0.25, 0.3) is 11.8 Å². The van der Waals surface area contributed by atoms with Gasteiger partial charge in [0.05, 0.1) is 21.7 Å². The molecule has 1 unspecified atom stereocenters. The topological polar surface area (TPSA) is 107 Å². The number of anilines is 1. The second-order valence-corrected chi connectivity index (χ2v) is 11.7. The van der Waals surface area contributed by atoms with Gasteiger partial charge in [-0.1, -0.05) is 18.6 Å². The molecule has 1 saturated carbocycles. The van der Waals surface area contributed by atoms with Crippen LogP contribution in [0.25, 0.3) is 0 Å². The second-order valence-electron chi connectivity index (χ2n) is 11.2. The van der Waals surface area contributed by atoms with E-state index in [1.54, 1.807) is 4.90 Å². The average Bonchev–Trinajstić information content (AvgIpc) is 3.23. The van der Waals surface area contributed by atoms with Crippen LogP contribution in [-0.2, 0) is 15.8 Å². The van der Waals surface area contributed by atoms with Crippen LogP contribution >= 0.6 is 12.2 Å². The summed E-state index contributed by atoms with van der Waals surface area (Å²) in [5.74, 6) is -0.763. The number of carbonyl (C=O) groups excluding carboxylic acids is 2. The Morgan fingerprint density at radius 1 is 1.26 bits per heavy atom. The summed E-state index contributed by atoms with van der Waals surface area (Å²) in [6.45, 7) is 8.48. The van der Waals surface area contributed by atoms with E-state index in [-0.39, 0.29) is 35.0 Å². The number of carbonyl (C=O) groups is 2. The van der Waals surface area contributed by atoms with E-state index in [2.05, 4.69) is 20.6 Å². The van der Waals surface area contributed by atoms with Crippen molar-refractivity contribution in [2.24, 2.45) is 10.9 Å². The van der Waals surface area contributed by atoms with Gasteiger partial charge < -0.3 is 20.6 Å². The predicted octanol–water partition coefficient (Wildman–Crippen LogP) is 4.15. The summed E-state index contributed by atoms with van der Waals surface area (Å²) in [6.07, 6.45) is 0.893. The molecule has 0 spiro atoms. The number of hydrogen-bond donors (Lipinski definition) is 3. The number of thiocarbonyl (C=S) groups is 1. The first kappa shape index (κ1) is 30.9. The van der Waals surface area contributed by atoms with E-state index in [9.17, 15) is 27.9 Å². The molecule has 1 aromatic rings. The monoisotopic (exact) mass is 569 g/mol. The number of nitrogens with one attached hydrogen (secondary N) is 2. The highest BCUT2D eigenvalue weighted by Gasteiger charge is 2.40. The highest BCUT2D eigenvalue weighted by molar-refractivity contribution is 7.81. The first-order valence-electron chi connectivity index (χ1n) is 13.3. The molecule has 8 nitrogen and oxygen atoms in total. The molecule has 3 atom stereocenters. The fraction of sp³-hybridized carbons (Fsp3) is 0.667. The number of hydrogen-bond acceptors (Lipinski definition) is 7. The lowest BCUT2D eigenvalue weighted by Gasteiger charge is -2.32. The maximum Gasteiger partial charge on any atom is 0.417 e. The zero-order chi connectivity index (χ0) is 29.1. The lowest BCUT2D eigenvalue weighted by atomic mass is 9.80. The third-order valence-electron chi connectivity index (χ3n) is 7.36. The SMILES string of the molecule is CC(=NC(C(=O)N1CCC[C@@H]1C)C(=S)c1cnc(N[C@@H](C)C2CCC2)cc1C(F)(F)F)C(=O)NCC(C)(C)O. The van der Waals surface area contributed by atoms with Crippen molar-refractivity contribution in [3.63, 3.8) is 0 Å². The number of aromatic nitrogens is 1. The minimum atomic E-state index is -4.77. The minimum Gasteiger partial charge on any atom is -0.389 e. The van der Waals surface area contributed by atoms with Gasteiger partial charge in [-0.05, 0) is 72.3 Å². The van der Waals surface area contributed by atoms with Crippen LogP contribution in [0.5, 0.6) is 0 Å². The minimum absolute atomic E-state index is 0.0363. The molecule has 3 N–H and O–H groups in total. The molecule has 3 rings (SSSR count). The van der Waals surface area contributed by atoms with Gasteiger partial charge in [0.1, 0.15) is 5.82 Å². The van der Waals surface area contributed by atoms with Crippen LogP contribution < -0.4 is 10.6 Å². The molecule has 1 aliphatic heterocycles. The maximum absolute atomic E-state index is 14.3. The van der Waals surface area contributed by atoms with Crippen molar-refractivity contribution in [2.75, 3.05) is 18.4 Å². The molecule has 0 radical (unpaired) electrons. The van der Waals surface area contributed by atoms with Crippen molar-refractivity contribution in [3.8, 4) is 0 Å². The third-order valence-corrected chi connectivity index (χ3v) is 7.80. The Morgan fingerprint density at radius 2 is 1.92 bits per heavy atom. The Morgan fingerprint density at radius 3 is 2.44 bits per heavy atom. The molecular weight excluding hydrogens is 531 g/mol. The Balaban J connectivity index is 1.97. The number of alkyl halides is 3. The highest BCUT2D eigenvalue weighted by Crippen LogP contribution is 2.36. The van der Waals surface area contributed by atoms with Gasteiger partial charge in [0, 0.05) is 36.9 Å². The zero-order valence-corrected chi connectivity index (χ0v) is 23.9. The molecule has 2 heterocycles. The molecule has 0 aromatic carbocycles. The normalized spacial score (nSPS) is 20.3. The van der Waals surface area contributed by atoms with Crippen LogP contribution in [0.2, 0.25) is 0 Å². The summed E-state index contributed by atoms with van der Waals surface area (Å²) in [5.41, 5.74) is -2.76. The van der Waals surface area contributed by atoms with E-state index < -0.39 is 40.8 Å². The lowest BCUT2D eigenvalue weighted by molar-refractivity contribution is -0.138. The first-order valence-corrected chi connectivity index (χ1v) is 13.7. The molecule has 0 bridgehead atoms. The van der Waals surface area contributed by atoms with Gasteiger partial charge >= 0.3 is 6.18 Å². The average molecular weight is 570 g/mol. The van der Waals surface area contributed by atoms with Crippen LogP contribution in [-0.4, -0.2) is 74.2 Å². The van der Waals surface area contributed by atoms with E-state index >= 15 is 0 Å². The number of amides is 2. The quantitative estimate of drug-likeness (QED) is 0.222. The molecular formula is C27H38F3N5O3S. The van der Waals surface area contributed by atoms with Gasteiger partial charge in [-0.15, -0.1) is 0 Å². The van der Waals surface area contributed by atoms with Crippen molar-refractivity contribution in [3.05, 3.63) is 23.4 Å². The fourth-order valence-corrected chi connectivity index (χ4v) is 5.04. The summed E-state index contributed by atoms with van der Waals surface area (Å²) in [4.78, 5) is 35.8. The Hall–Kier alpha value is -2.60. The standard InChI is InChI=1S/C27H38F3N5O3S/c1-15-8-7-11-35(15)25(37)22(34-17(3)24(36)32-14-26(4,5)38)23(39)19-13-31-21(12-20(19)27(28,29)30)33-16(2)18-9-6-10-18/h12-13,15-16,18,22,38H,6-11,14H2,1-5H3,(H,31,33)(H,32,36)/t15-,16-,22?/m0/s1.